The summed E-state index contributed by atoms with van der Waals surface area (Å²) in [5.41, 5.74) is 1.74. The van der Waals surface area contributed by atoms with Crippen LogP contribution in [-0.2, 0) is 32.5 Å². The minimum absolute atomic E-state index is 0.117. The van der Waals surface area contributed by atoms with Crippen molar-refractivity contribution in [1.82, 2.24) is 14.6 Å². The summed E-state index contributed by atoms with van der Waals surface area (Å²) in [6.45, 7) is 4.45. The smallest absolute Gasteiger partial charge is 0.243 e. The van der Waals surface area contributed by atoms with E-state index in [1.165, 1.54) is 0 Å². The first-order chi connectivity index (χ1) is 15.5. The van der Waals surface area contributed by atoms with Gasteiger partial charge in [-0.25, -0.2) is 13.4 Å². The van der Waals surface area contributed by atoms with E-state index in [4.69, 9.17) is 4.74 Å². The highest BCUT2D eigenvalue weighted by molar-refractivity contribution is 7.89. The van der Waals surface area contributed by atoms with Crippen molar-refractivity contribution in [2.45, 2.75) is 37.1 Å². The third-order valence-electron chi connectivity index (χ3n) is 5.89. The standard InChI is InChI=1S/C23H30N4O4S/c28-22(25-18-20-5-4-10-24-23(20)26-13-15-31-16-14-26)17-19-6-8-21(9-7-19)32(29,30)27-11-2-1-3-12-27/h4-10H,1-3,11-18H2,(H,25,28). The predicted molar refractivity (Wildman–Crippen MR) is 122 cm³/mol. The number of morpholine rings is 1. The maximum atomic E-state index is 12.8. The van der Waals surface area contributed by atoms with E-state index in [9.17, 15) is 13.2 Å². The molecule has 1 N–H and O–H groups in total. The molecule has 3 heterocycles. The van der Waals surface area contributed by atoms with Gasteiger partial charge in [-0.15, -0.1) is 0 Å². The van der Waals surface area contributed by atoms with Gasteiger partial charge in [0, 0.05) is 44.5 Å². The molecule has 0 aliphatic carbocycles. The van der Waals surface area contributed by atoms with Gasteiger partial charge in [-0.2, -0.15) is 4.31 Å². The molecular formula is C23H30N4O4S. The number of nitrogens with one attached hydrogen (secondary N) is 1. The molecule has 8 nitrogen and oxygen atoms in total. The number of sulfonamides is 1. The van der Waals surface area contributed by atoms with Crippen molar-refractivity contribution in [2.24, 2.45) is 0 Å². The lowest BCUT2D eigenvalue weighted by Gasteiger charge is -2.29. The van der Waals surface area contributed by atoms with E-state index in [0.29, 0.717) is 32.8 Å². The van der Waals surface area contributed by atoms with Gasteiger partial charge in [0.25, 0.3) is 0 Å². The third kappa shape index (κ3) is 5.46. The fourth-order valence-electron chi connectivity index (χ4n) is 4.10. The Morgan fingerprint density at radius 2 is 1.72 bits per heavy atom. The minimum atomic E-state index is -3.46. The molecule has 2 aliphatic rings. The number of ether oxygens (including phenoxy) is 1. The lowest BCUT2D eigenvalue weighted by atomic mass is 10.1. The van der Waals surface area contributed by atoms with Crippen LogP contribution in [0.15, 0.2) is 47.5 Å². The zero-order valence-corrected chi connectivity index (χ0v) is 19.0. The lowest BCUT2D eigenvalue weighted by molar-refractivity contribution is -0.120. The molecule has 2 saturated heterocycles. The first kappa shape index (κ1) is 22.7. The maximum Gasteiger partial charge on any atom is 0.243 e. The number of nitrogens with zero attached hydrogens (tertiary/aromatic N) is 3. The van der Waals surface area contributed by atoms with Gasteiger partial charge < -0.3 is 15.0 Å². The molecule has 2 aliphatic heterocycles. The van der Waals surface area contributed by atoms with Crippen LogP contribution in [0.2, 0.25) is 0 Å². The van der Waals surface area contributed by atoms with E-state index >= 15 is 0 Å². The zero-order chi connectivity index (χ0) is 22.4. The Labute approximate surface area is 189 Å². The monoisotopic (exact) mass is 458 g/mol. The van der Waals surface area contributed by atoms with Gasteiger partial charge in [-0.1, -0.05) is 24.6 Å². The second kappa shape index (κ2) is 10.4. The molecule has 1 aromatic carbocycles. The van der Waals surface area contributed by atoms with Crippen LogP contribution in [-0.4, -0.2) is 63.0 Å². The van der Waals surface area contributed by atoms with Gasteiger partial charge >= 0.3 is 0 Å². The summed E-state index contributed by atoms with van der Waals surface area (Å²) in [5, 5.41) is 2.96. The molecule has 172 valence electrons. The Morgan fingerprint density at radius 1 is 1.00 bits per heavy atom. The molecule has 1 aromatic heterocycles. The highest BCUT2D eigenvalue weighted by Crippen LogP contribution is 2.21. The van der Waals surface area contributed by atoms with Gasteiger partial charge in [0.1, 0.15) is 5.82 Å². The number of hydrogen-bond acceptors (Lipinski definition) is 6. The first-order valence-electron chi connectivity index (χ1n) is 11.2. The first-order valence-corrected chi connectivity index (χ1v) is 12.6. The Kier molecular flexibility index (Phi) is 7.39. The van der Waals surface area contributed by atoms with Crippen LogP contribution >= 0.6 is 0 Å². The summed E-state index contributed by atoms with van der Waals surface area (Å²) in [5.74, 6) is 0.761. The van der Waals surface area contributed by atoms with E-state index in [2.05, 4.69) is 15.2 Å². The summed E-state index contributed by atoms with van der Waals surface area (Å²) in [6, 6.07) is 10.5. The summed E-state index contributed by atoms with van der Waals surface area (Å²) >= 11 is 0. The number of benzene rings is 1. The molecule has 32 heavy (non-hydrogen) atoms. The molecule has 0 bridgehead atoms. The average molecular weight is 459 g/mol. The minimum Gasteiger partial charge on any atom is -0.378 e. The fraction of sp³-hybridized carbons (Fsp3) is 0.478. The van der Waals surface area contributed by atoms with Crippen molar-refractivity contribution in [3.05, 3.63) is 53.7 Å². The van der Waals surface area contributed by atoms with Crippen molar-refractivity contribution >= 4 is 21.7 Å². The van der Waals surface area contributed by atoms with Crippen molar-refractivity contribution in [2.75, 3.05) is 44.3 Å². The lowest BCUT2D eigenvalue weighted by Crippen LogP contribution is -2.38. The van der Waals surface area contributed by atoms with Crippen LogP contribution in [0.5, 0.6) is 0 Å². The summed E-state index contributed by atoms with van der Waals surface area (Å²) in [4.78, 5) is 19.5. The number of piperidine rings is 1. The second-order valence-electron chi connectivity index (χ2n) is 8.15. The highest BCUT2D eigenvalue weighted by atomic mass is 32.2. The van der Waals surface area contributed by atoms with Crippen molar-refractivity contribution in [1.29, 1.82) is 0 Å². The number of carbonyl (C=O) groups excluding carboxylic acids is 1. The Bertz CT molecular complexity index is 1010. The van der Waals surface area contributed by atoms with Crippen LogP contribution in [0.1, 0.15) is 30.4 Å². The highest BCUT2D eigenvalue weighted by Gasteiger charge is 2.25. The van der Waals surface area contributed by atoms with Gasteiger partial charge in [-0.05, 0) is 36.6 Å². The van der Waals surface area contributed by atoms with E-state index < -0.39 is 10.0 Å². The Hall–Kier alpha value is -2.49. The number of aromatic nitrogens is 1. The van der Waals surface area contributed by atoms with Gasteiger partial charge in [0.2, 0.25) is 15.9 Å². The molecule has 0 atom stereocenters. The number of hydrogen-bond donors (Lipinski definition) is 1. The normalized spacial score (nSPS) is 17.8. The molecule has 0 saturated carbocycles. The molecule has 0 spiro atoms. The van der Waals surface area contributed by atoms with Crippen LogP contribution in [0.3, 0.4) is 0 Å². The zero-order valence-electron chi connectivity index (χ0n) is 18.2. The largest absolute Gasteiger partial charge is 0.378 e. The van der Waals surface area contributed by atoms with Gasteiger partial charge in [0.15, 0.2) is 0 Å². The van der Waals surface area contributed by atoms with E-state index in [-0.39, 0.29) is 17.2 Å². The number of anilines is 1. The summed E-state index contributed by atoms with van der Waals surface area (Å²) < 4.78 is 32.5. The second-order valence-corrected chi connectivity index (χ2v) is 10.1. The van der Waals surface area contributed by atoms with Crippen LogP contribution < -0.4 is 10.2 Å². The third-order valence-corrected chi connectivity index (χ3v) is 7.81. The number of amides is 1. The number of rotatable bonds is 7. The SMILES string of the molecule is O=C(Cc1ccc(S(=O)(=O)N2CCCCC2)cc1)NCc1cccnc1N1CCOCC1. The van der Waals surface area contributed by atoms with Gasteiger partial charge in [-0.3, -0.25) is 4.79 Å². The van der Waals surface area contributed by atoms with Crippen LogP contribution in [0, 0.1) is 0 Å². The Balaban J connectivity index is 1.34. The van der Waals surface area contributed by atoms with E-state index in [1.54, 1.807) is 34.8 Å². The van der Waals surface area contributed by atoms with Crippen LogP contribution in [0.25, 0.3) is 0 Å². The van der Waals surface area contributed by atoms with Crippen molar-refractivity contribution < 1.29 is 17.9 Å². The van der Waals surface area contributed by atoms with Crippen molar-refractivity contribution in [3.8, 4) is 0 Å². The number of pyridine rings is 1. The molecule has 1 amide bonds. The van der Waals surface area contributed by atoms with Crippen LogP contribution in [0.4, 0.5) is 5.82 Å². The van der Waals surface area contributed by atoms with E-state index in [0.717, 1.165) is 49.3 Å². The molecule has 4 rings (SSSR count). The molecular weight excluding hydrogens is 428 g/mol. The van der Waals surface area contributed by atoms with Gasteiger partial charge in [0.05, 0.1) is 24.5 Å². The predicted octanol–water partition coefficient (Wildman–Crippen LogP) is 1.95. The molecule has 0 unspecified atom stereocenters. The molecule has 2 aromatic rings. The topological polar surface area (TPSA) is 91.8 Å². The summed E-state index contributed by atoms with van der Waals surface area (Å²) in [6.07, 6.45) is 4.84. The molecule has 9 heteroatoms. The van der Waals surface area contributed by atoms with E-state index in [1.807, 2.05) is 12.1 Å². The summed E-state index contributed by atoms with van der Waals surface area (Å²) in [7, 11) is -3.46. The average Bonchev–Trinajstić information content (AvgIpc) is 2.84. The molecule has 2 fully saturated rings. The quantitative estimate of drug-likeness (QED) is 0.682. The maximum absolute atomic E-state index is 12.8. The molecule has 0 radical (unpaired) electrons. The Morgan fingerprint density at radius 3 is 2.44 bits per heavy atom. The van der Waals surface area contributed by atoms with Crippen molar-refractivity contribution in [3.63, 3.8) is 0 Å². The fourth-order valence-corrected chi connectivity index (χ4v) is 5.62. The number of carbonyl (C=O) groups is 1.